The molecule has 0 aliphatic rings. The van der Waals surface area contributed by atoms with Crippen LogP contribution in [-0.2, 0) is 0 Å². The number of unbranched alkanes of at least 4 members (excludes halogenated alkanes) is 1. The fourth-order valence-corrected chi connectivity index (χ4v) is 2.51. The summed E-state index contributed by atoms with van der Waals surface area (Å²) in [5, 5.41) is 9.82. The largest absolute Gasteiger partial charge is 0.493 e. The summed E-state index contributed by atoms with van der Waals surface area (Å²) in [5.74, 6) is 0.644. The first kappa shape index (κ1) is 17.1. The van der Waals surface area contributed by atoms with Crippen LogP contribution in [0.2, 0.25) is 0 Å². The minimum absolute atomic E-state index is 0.00809. The molecule has 1 aromatic heterocycles. The van der Waals surface area contributed by atoms with Gasteiger partial charge < -0.3 is 9.72 Å². The Hall–Kier alpha value is -2.26. The average Bonchev–Trinajstić information content (AvgIpc) is 2.55. The highest BCUT2D eigenvalue weighted by molar-refractivity contribution is 7.98. The van der Waals surface area contributed by atoms with Crippen molar-refractivity contribution in [3.05, 3.63) is 39.7 Å². The van der Waals surface area contributed by atoms with E-state index in [2.05, 4.69) is 16.9 Å². The van der Waals surface area contributed by atoms with Gasteiger partial charge in [0.2, 0.25) is 0 Å². The van der Waals surface area contributed by atoms with E-state index >= 15 is 0 Å². The van der Waals surface area contributed by atoms with Gasteiger partial charge in [0.15, 0.2) is 5.16 Å². The van der Waals surface area contributed by atoms with Crippen LogP contribution in [0, 0.1) is 18.3 Å². The van der Waals surface area contributed by atoms with Crippen LogP contribution >= 0.6 is 11.8 Å². The maximum Gasteiger partial charge on any atom is 0.270 e. The Balaban J connectivity index is 2.61. The van der Waals surface area contributed by atoms with Crippen LogP contribution in [0.15, 0.2) is 28.2 Å². The Labute approximate surface area is 139 Å². The molecule has 0 saturated carbocycles. The Morgan fingerprint density at radius 3 is 2.87 bits per heavy atom. The van der Waals surface area contributed by atoms with Gasteiger partial charge in [-0.2, -0.15) is 5.26 Å². The third-order valence-corrected chi connectivity index (χ3v) is 3.93. The summed E-state index contributed by atoms with van der Waals surface area (Å²) in [5.41, 5.74) is 1.64. The van der Waals surface area contributed by atoms with Crippen LogP contribution in [0.3, 0.4) is 0 Å². The van der Waals surface area contributed by atoms with Crippen molar-refractivity contribution < 1.29 is 4.74 Å². The molecule has 1 heterocycles. The zero-order valence-corrected chi connectivity index (χ0v) is 14.3. The highest BCUT2D eigenvalue weighted by atomic mass is 32.2. The molecule has 0 spiro atoms. The van der Waals surface area contributed by atoms with Crippen LogP contribution in [0.1, 0.15) is 30.9 Å². The molecule has 0 fully saturated rings. The lowest BCUT2D eigenvalue weighted by Crippen LogP contribution is -2.15. The molecule has 0 unspecified atom stereocenters. The SMILES string of the molecule is CCCCOc1ccc(C)cc1-c1nc(SC)[nH]c(=O)c1C#N. The number of benzene rings is 1. The van der Waals surface area contributed by atoms with Gasteiger partial charge in [-0.05, 0) is 31.7 Å². The number of ether oxygens (including phenoxy) is 1. The van der Waals surface area contributed by atoms with E-state index < -0.39 is 5.56 Å². The van der Waals surface area contributed by atoms with Gasteiger partial charge in [0, 0.05) is 5.56 Å². The fraction of sp³-hybridized carbons (Fsp3) is 0.353. The summed E-state index contributed by atoms with van der Waals surface area (Å²) in [4.78, 5) is 19.1. The smallest absolute Gasteiger partial charge is 0.270 e. The van der Waals surface area contributed by atoms with Gasteiger partial charge in [0.05, 0.1) is 6.61 Å². The molecule has 2 aromatic rings. The van der Waals surface area contributed by atoms with Crippen LogP contribution in [0.25, 0.3) is 11.3 Å². The van der Waals surface area contributed by atoms with Crippen LogP contribution in [0.4, 0.5) is 0 Å². The second-order valence-corrected chi connectivity index (χ2v) is 5.91. The summed E-state index contributed by atoms with van der Waals surface area (Å²) >= 11 is 1.33. The predicted octanol–water partition coefficient (Wildman–Crippen LogP) is 3.52. The molecule has 1 N–H and O–H groups in total. The third-order valence-electron chi connectivity index (χ3n) is 3.35. The van der Waals surface area contributed by atoms with Gasteiger partial charge in [0.25, 0.3) is 5.56 Å². The molecule has 2 rings (SSSR count). The van der Waals surface area contributed by atoms with Gasteiger partial charge in [-0.25, -0.2) is 4.98 Å². The summed E-state index contributed by atoms with van der Waals surface area (Å²) in [7, 11) is 0. The quantitative estimate of drug-likeness (QED) is 0.498. The molecular formula is C17H19N3O2S. The molecule has 0 saturated heterocycles. The lowest BCUT2D eigenvalue weighted by molar-refractivity contribution is 0.310. The van der Waals surface area contributed by atoms with E-state index in [9.17, 15) is 10.1 Å². The topological polar surface area (TPSA) is 78.8 Å². The minimum atomic E-state index is -0.428. The molecular weight excluding hydrogens is 310 g/mol. The lowest BCUT2D eigenvalue weighted by atomic mass is 10.0. The second-order valence-electron chi connectivity index (χ2n) is 5.11. The number of rotatable bonds is 6. The molecule has 0 aliphatic heterocycles. The maximum absolute atomic E-state index is 12.1. The number of hydrogen-bond acceptors (Lipinski definition) is 5. The standard InChI is InChI=1S/C17H19N3O2S/c1-4-5-8-22-14-7-6-11(2)9-12(14)15-13(10-18)16(21)20-17(19-15)23-3/h6-7,9H,4-5,8H2,1-3H3,(H,19,20,21). The molecule has 0 atom stereocenters. The second kappa shape index (κ2) is 7.84. The molecule has 0 amide bonds. The van der Waals surface area contributed by atoms with Crippen LogP contribution in [-0.4, -0.2) is 22.8 Å². The van der Waals surface area contributed by atoms with Crippen LogP contribution in [0.5, 0.6) is 5.75 Å². The zero-order valence-electron chi connectivity index (χ0n) is 13.5. The summed E-state index contributed by atoms with van der Waals surface area (Å²) in [6, 6.07) is 7.66. The van der Waals surface area contributed by atoms with Gasteiger partial charge in [-0.15, -0.1) is 0 Å². The molecule has 0 radical (unpaired) electrons. The minimum Gasteiger partial charge on any atom is -0.493 e. The zero-order chi connectivity index (χ0) is 16.8. The first-order valence-corrected chi connectivity index (χ1v) is 8.65. The van der Waals surface area contributed by atoms with E-state index in [-0.39, 0.29) is 5.56 Å². The average molecular weight is 329 g/mol. The fourth-order valence-electron chi connectivity index (χ4n) is 2.13. The number of thioether (sulfide) groups is 1. The predicted molar refractivity (Wildman–Crippen MR) is 91.9 cm³/mol. The van der Waals surface area contributed by atoms with Gasteiger partial charge in [0.1, 0.15) is 23.1 Å². The number of nitriles is 1. The van der Waals surface area contributed by atoms with E-state index in [0.717, 1.165) is 18.4 Å². The normalized spacial score (nSPS) is 10.3. The number of H-pyrrole nitrogens is 1. The van der Waals surface area contributed by atoms with Crippen molar-refractivity contribution in [3.63, 3.8) is 0 Å². The Morgan fingerprint density at radius 1 is 1.43 bits per heavy atom. The monoisotopic (exact) mass is 329 g/mol. The Bertz CT molecular complexity index is 793. The molecule has 23 heavy (non-hydrogen) atoms. The van der Waals surface area contributed by atoms with E-state index in [1.54, 1.807) is 0 Å². The molecule has 120 valence electrons. The number of hydrogen-bond donors (Lipinski definition) is 1. The molecule has 1 aromatic carbocycles. The summed E-state index contributed by atoms with van der Waals surface area (Å²) in [6.07, 6.45) is 3.80. The van der Waals surface area contributed by atoms with Crippen LogP contribution < -0.4 is 10.3 Å². The van der Waals surface area contributed by atoms with Crippen molar-refractivity contribution in [2.75, 3.05) is 12.9 Å². The number of aryl methyl sites for hydroxylation is 1. The number of nitrogens with zero attached hydrogens (tertiary/aromatic N) is 2. The summed E-state index contributed by atoms with van der Waals surface area (Å²) < 4.78 is 5.83. The van der Waals surface area contributed by atoms with E-state index in [4.69, 9.17) is 4.74 Å². The van der Waals surface area contributed by atoms with E-state index in [1.807, 2.05) is 37.4 Å². The van der Waals surface area contributed by atoms with Gasteiger partial charge in [-0.3, -0.25) is 4.79 Å². The number of aromatic amines is 1. The third kappa shape index (κ3) is 3.93. The van der Waals surface area contributed by atoms with Gasteiger partial charge in [-0.1, -0.05) is 36.7 Å². The highest BCUT2D eigenvalue weighted by Gasteiger charge is 2.17. The van der Waals surface area contributed by atoms with Crippen molar-refractivity contribution >= 4 is 11.8 Å². The van der Waals surface area contributed by atoms with E-state index in [0.29, 0.717) is 28.8 Å². The Kier molecular flexibility index (Phi) is 5.83. The molecule has 5 nitrogen and oxygen atoms in total. The molecule has 0 bridgehead atoms. The molecule has 6 heteroatoms. The van der Waals surface area contributed by atoms with Crippen molar-refractivity contribution in [3.8, 4) is 23.1 Å². The first-order chi connectivity index (χ1) is 11.1. The lowest BCUT2D eigenvalue weighted by Gasteiger charge is -2.13. The van der Waals surface area contributed by atoms with Gasteiger partial charge >= 0.3 is 0 Å². The van der Waals surface area contributed by atoms with Crippen molar-refractivity contribution in [1.82, 2.24) is 9.97 Å². The van der Waals surface area contributed by atoms with Crippen molar-refractivity contribution in [2.24, 2.45) is 0 Å². The Morgan fingerprint density at radius 2 is 2.22 bits per heavy atom. The van der Waals surface area contributed by atoms with Crippen molar-refractivity contribution in [2.45, 2.75) is 31.8 Å². The van der Waals surface area contributed by atoms with Crippen molar-refractivity contribution in [1.29, 1.82) is 5.26 Å². The first-order valence-electron chi connectivity index (χ1n) is 7.43. The molecule has 0 aliphatic carbocycles. The number of nitrogens with one attached hydrogen (secondary N) is 1. The maximum atomic E-state index is 12.1. The summed E-state index contributed by atoms with van der Waals surface area (Å²) in [6.45, 7) is 4.64. The van der Waals surface area contributed by atoms with E-state index in [1.165, 1.54) is 11.8 Å². The number of aromatic nitrogens is 2. The highest BCUT2D eigenvalue weighted by Crippen LogP contribution is 2.31.